The van der Waals surface area contributed by atoms with Crippen LogP contribution in [0.3, 0.4) is 0 Å². The van der Waals surface area contributed by atoms with Gasteiger partial charge >= 0.3 is 0 Å². The largest absolute Gasteiger partial charge is 0.330 e. The Bertz CT molecular complexity index is 570. The van der Waals surface area contributed by atoms with Gasteiger partial charge in [-0.1, -0.05) is 18.5 Å². The average Bonchev–Trinajstić information content (AvgIpc) is 2.43. The van der Waals surface area contributed by atoms with E-state index in [1.807, 2.05) is 38.1 Å². The Morgan fingerprint density at radius 1 is 1.10 bits per heavy atom. The SMILES string of the molecule is Cc1nc(-c2ccc(Cl)cc2)nc(C)c1CC(C)CN. The summed E-state index contributed by atoms with van der Waals surface area (Å²) < 4.78 is 0. The number of aromatic nitrogens is 2. The van der Waals surface area contributed by atoms with E-state index >= 15 is 0 Å². The summed E-state index contributed by atoms with van der Waals surface area (Å²) >= 11 is 5.91. The Kier molecular flexibility index (Phi) is 4.73. The van der Waals surface area contributed by atoms with Crippen molar-refractivity contribution in [3.63, 3.8) is 0 Å². The summed E-state index contributed by atoms with van der Waals surface area (Å²) in [6.07, 6.45) is 0.926. The van der Waals surface area contributed by atoms with Crippen molar-refractivity contribution in [2.45, 2.75) is 27.2 Å². The molecule has 1 aromatic carbocycles. The maximum absolute atomic E-state index is 5.91. The van der Waals surface area contributed by atoms with Crippen LogP contribution in [0, 0.1) is 19.8 Å². The lowest BCUT2D eigenvalue weighted by Crippen LogP contribution is -2.15. The minimum absolute atomic E-state index is 0.442. The number of hydrogen-bond donors (Lipinski definition) is 1. The standard InChI is InChI=1S/C16H20ClN3/c1-10(9-18)8-15-11(2)19-16(20-12(15)3)13-4-6-14(17)7-5-13/h4-7,10H,8-9,18H2,1-3H3. The molecule has 2 aromatic rings. The predicted molar refractivity (Wildman–Crippen MR) is 83.9 cm³/mol. The van der Waals surface area contributed by atoms with Crippen LogP contribution in [0.4, 0.5) is 0 Å². The van der Waals surface area contributed by atoms with E-state index in [9.17, 15) is 0 Å². The molecule has 0 saturated carbocycles. The van der Waals surface area contributed by atoms with E-state index in [0.717, 1.165) is 34.2 Å². The highest BCUT2D eigenvalue weighted by atomic mass is 35.5. The molecule has 0 amide bonds. The third-order valence-electron chi connectivity index (χ3n) is 3.48. The second-order valence-electron chi connectivity index (χ2n) is 5.25. The topological polar surface area (TPSA) is 51.8 Å². The maximum Gasteiger partial charge on any atom is 0.159 e. The molecule has 0 spiro atoms. The van der Waals surface area contributed by atoms with E-state index in [0.29, 0.717) is 12.5 Å². The number of rotatable bonds is 4. The first-order valence-electron chi connectivity index (χ1n) is 6.81. The molecule has 20 heavy (non-hydrogen) atoms. The summed E-state index contributed by atoms with van der Waals surface area (Å²) in [5, 5.41) is 0.718. The van der Waals surface area contributed by atoms with E-state index in [1.54, 1.807) is 0 Å². The minimum Gasteiger partial charge on any atom is -0.330 e. The van der Waals surface area contributed by atoms with Crippen molar-refractivity contribution in [2.24, 2.45) is 11.7 Å². The van der Waals surface area contributed by atoms with Gasteiger partial charge in [0.1, 0.15) is 0 Å². The maximum atomic E-state index is 5.91. The van der Waals surface area contributed by atoms with Crippen molar-refractivity contribution in [2.75, 3.05) is 6.54 Å². The summed E-state index contributed by atoms with van der Waals surface area (Å²) in [6, 6.07) is 7.60. The highest BCUT2D eigenvalue weighted by Gasteiger charge is 2.12. The third-order valence-corrected chi connectivity index (χ3v) is 3.73. The molecule has 0 radical (unpaired) electrons. The zero-order valence-corrected chi connectivity index (χ0v) is 12.9. The summed E-state index contributed by atoms with van der Waals surface area (Å²) in [5.41, 5.74) is 9.96. The van der Waals surface area contributed by atoms with Crippen LogP contribution in [-0.2, 0) is 6.42 Å². The minimum atomic E-state index is 0.442. The van der Waals surface area contributed by atoms with Crippen LogP contribution >= 0.6 is 11.6 Å². The zero-order valence-electron chi connectivity index (χ0n) is 12.2. The Hall–Kier alpha value is -1.45. The van der Waals surface area contributed by atoms with Crippen LogP contribution in [0.15, 0.2) is 24.3 Å². The van der Waals surface area contributed by atoms with Crippen molar-refractivity contribution in [3.05, 3.63) is 46.2 Å². The van der Waals surface area contributed by atoms with Crippen LogP contribution in [-0.4, -0.2) is 16.5 Å². The van der Waals surface area contributed by atoms with E-state index in [1.165, 1.54) is 5.56 Å². The van der Waals surface area contributed by atoms with Crippen LogP contribution in [0.1, 0.15) is 23.9 Å². The van der Waals surface area contributed by atoms with Crippen molar-refractivity contribution >= 4 is 11.6 Å². The van der Waals surface area contributed by atoms with Crippen molar-refractivity contribution in [3.8, 4) is 11.4 Å². The lowest BCUT2D eigenvalue weighted by atomic mass is 9.99. The van der Waals surface area contributed by atoms with Gasteiger partial charge in [0.15, 0.2) is 5.82 Å². The predicted octanol–water partition coefficient (Wildman–Crippen LogP) is 3.55. The van der Waals surface area contributed by atoms with Gasteiger partial charge in [-0.15, -0.1) is 0 Å². The van der Waals surface area contributed by atoms with Crippen LogP contribution in [0.2, 0.25) is 5.02 Å². The molecule has 1 atom stereocenters. The lowest BCUT2D eigenvalue weighted by Gasteiger charge is -2.14. The average molecular weight is 290 g/mol. The molecule has 106 valence electrons. The summed E-state index contributed by atoms with van der Waals surface area (Å²) in [5.74, 6) is 1.19. The first kappa shape index (κ1) is 14.9. The summed E-state index contributed by atoms with van der Waals surface area (Å²) in [7, 11) is 0. The molecule has 0 aliphatic carbocycles. The van der Waals surface area contributed by atoms with Crippen LogP contribution in [0.5, 0.6) is 0 Å². The number of halogens is 1. The zero-order chi connectivity index (χ0) is 14.7. The Balaban J connectivity index is 2.37. The second-order valence-corrected chi connectivity index (χ2v) is 5.68. The van der Waals surface area contributed by atoms with Crippen molar-refractivity contribution in [1.29, 1.82) is 0 Å². The fourth-order valence-corrected chi connectivity index (χ4v) is 2.32. The third kappa shape index (κ3) is 3.35. The highest BCUT2D eigenvalue weighted by Crippen LogP contribution is 2.22. The second kappa shape index (κ2) is 6.33. The Labute approximate surface area is 125 Å². The van der Waals surface area contributed by atoms with Crippen molar-refractivity contribution < 1.29 is 0 Å². The van der Waals surface area contributed by atoms with Crippen molar-refractivity contribution in [1.82, 2.24) is 9.97 Å². The molecule has 2 rings (SSSR count). The lowest BCUT2D eigenvalue weighted by molar-refractivity contribution is 0.586. The Morgan fingerprint density at radius 2 is 1.65 bits per heavy atom. The summed E-state index contributed by atoms with van der Waals surface area (Å²) in [6.45, 7) is 6.89. The Morgan fingerprint density at radius 3 is 2.15 bits per heavy atom. The van der Waals surface area contributed by atoms with Gasteiger partial charge in [-0.2, -0.15) is 0 Å². The fourth-order valence-electron chi connectivity index (χ4n) is 2.19. The fraction of sp³-hybridized carbons (Fsp3) is 0.375. The van der Waals surface area contributed by atoms with Gasteiger partial charge in [0.25, 0.3) is 0 Å². The molecular formula is C16H20ClN3. The smallest absolute Gasteiger partial charge is 0.159 e. The van der Waals surface area contributed by atoms with Gasteiger partial charge in [0, 0.05) is 22.0 Å². The molecular weight excluding hydrogens is 270 g/mol. The van der Waals surface area contributed by atoms with E-state index < -0.39 is 0 Å². The normalized spacial score (nSPS) is 12.4. The molecule has 1 unspecified atom stereocenters. The van der Waals surface area contributed by atoms with Gasteiger partial charge in [0.2, 0.25) is 0 Å². The number of aryl methyl sites for hydroxylation is 2. The molecule has 0 bridgehead atoms. The monoisotopic (exact) mass is 289 g/mol. The van der Waals surface area contributed by atoms with Gasteiger partial charge in [-0.3, -0.25) is 0 Å². The molecule has 0 aliphatic heterocycles. The number of benzene rings is 1. The molecule has 0 aliphatic rings. The molecule has 0 fully saturated rings. The molecule has 0 saturated heterocycles. The van der Waals surface area contributed by atoms with E-state index in [4.69, 9.17) is 17.3 Å². The first-order valence-corrected chi connectivity index (χ1v) is 7.19. The quantitative estimate of drug-likeness (QED) is 0.936. The van der Waals surface area contributed by atoms with E-state index in [2.05, 4.69) is 16.9 Å². The van der Waals surface area contributed by atoms with Gasteiger partial charge < -0.3 is 5.73 Å². The van der Waals surface area contributed by atoms with Gasteiger partial charge in [-0.25, -0.2) is 9.97 Å². The molecule has 4 heteroatoms. The molecule has 1 aromatic heterocycles. The molecule has 2 N–H and O–H groups in total. The molecule has 3 nitrogen and oxygen atoms in total. The number of hydrogen-bond acceptors (Lipinski definition) is 3. The van der Waals surface area contributed by atoms with E-state index in [-0.39, 0.29) is 0 Å². The molecule has 1 heterocycles. The van der Waals surface area contributed by atoms with Crippen LogP contribution < -0.4 is 5.73 Å². The van der Waals surface area contributed by atoms with Crippen LogP contribution in [0.25, 0.3) is 11.4 Å². The number of nitrogens with two attached hydrogens (primary N) is 1. The highest BCUT2D eigenvalue weighted by molar-refractivity contribution is 6.30. The van der Waals surface area contributed by atoms with Gasteiger partial charge in [-0.05, 0) is 62.6 Å². The van der Waals surface area contributed by atoms with Gasteiger partial charge in [0.05, 0.1) is 0 Å². The number of nitrogens with zero attached hydrogens (tertiary/aromatic N) is 2. The summed E-state index contributed by atoms with van der Waals surface area (Å²) in [4.78, 5) is 9.25. The first-order chi connectivity index (χ1) is 9.51.